The van der Waals surface area contributed by atoms with Gasteiger partial charge in [-0.05, 0) is 12.1 Å². The minimum absolute atomic E-state index is 0.119. The van der Waals surface area contributed by atoms with Gasteiger partial charge in [0.1, 0.15) is 12.4 Å². The van der Waals surface area contributed by atoms with Crippen LogP contribution < -0.4 is 4.74 Å². The van der Waals surface area contributed by atoms with Gasteiger partial charge in [-0.2, -0.15) is 13.2 Å². The van der Waals surface area contributed by atoms with Gasteiger partial charge in [-0.25, -0.2) is 4.21 Å². The number of methoxy groups -OCH3 is 1. The summed E-state index contributed by atoms with van der Waals surface area (Å²) in [5, 5.41) is 0. The van der Waals surface area contributed by atoms with Gasteiger partial charge in [0.05, 0.1) is 7.11 Å². The van der Waals surface area contributed by atoms with Crippen LogP contribution in [-0.2, 0) is 15.3 Å². The van der Waals surface area contributed by atoms with Crippen molar-refractivity contribution in [3.63, 3.8) is 0 Å². The molecular weight excluding hydrogens is 273 g/mol. The predicted molar refractivity (Wildman–Crippen MR) is 57.5 cm³/mol. The first-order valence-electron chi connectivity index (χ1n) is 4.63. The molecule has 0 aliphatic heterocycles. The fourth-order valence-corrected chi connectivity index (χ4v) is 1.40. The number of hydrogen-bond donors (Lipinski definition) is 0. The lowest BCUT2D eigenvalue weighted by Crippen LogP contribution is -2.21. The summed E-state index contributed by atoms with van der Waals surface area (Å²) in [5.41, 5.74) is -4.87. The van der Waals surface area contributed by atoms with Gasteiger partial charge in [0.15, 0.2) is 5.78 Å². The minimum atomic E-state index is -4.99. The molecule has 18 heavy (non-hydrogen) atoms. The zero-order valence-corrected chi connectivity index (χ0v) is 10.0. The lowest BCUT2D eigenvalue weighted by atomic mass is 10.1. The van der Waals surface area contributed by atoms with E-state index >= 15 is 0 Å². The average molecular weight is 282 g/mol. The van der Waals surface area contributed by atoms with E-state index in [1.54, 1.807) is 6.07 Å². The van der Waals surface area contributed by atoms with Gasteiger partial charge in [-0.1, -0.05) is 12.1 Å². The fourth-order valence-electron chi connectivity index (χ4n) is 1.05. The maximum Gasteiger partial charge on any atom is 0.497 e. The Hall–Kier alpha value is -1.41. The Bertz CT molecular complexity index is 459. The molecule has 0 saturated carbocycles. The molecule has 0 heterocycles. The normalized spacial score (nSPS) is 13.1. The van der Waals surface area contributed by atoms with E-state index in [1.807, 2.05) is 0 Å². The summed E-state index contributed by atoms with van der Waals surface area (Å²) in [4.78, 5) is 11.5. The van der Waals surface area contributed by atoms with Gasteiger partial charge in [0.2, 0.25) is 0 Å². The fraction of sp³-hybridized carbons (Fsp3) is 0.300. The highest BCUT2D eigenvalue weighted by Crippen LogP contribution is 2.21. The van der Waals surface area contributed by atoms with Crippen molar-refractivity contribution < 1.29 is 31.1 Å². The average Bonchev–Trinajstić information content (AvgIpc) is 2.34. The third-order valence-corrected chi connectivity index (χ3v) is 2.59. The molecule has 1 aromatic carbocycles. The number of carbonyl (C=O) groups is 1. The Morgan fingerprint density at radius 2 is 2.06 bits per heavy atom. The summed E-state index contributed by atoms with van der Waals surface area (Å²) >= 11 is -3.49. The van der Waals surface area contributed by atoms with Crippen molar-refractivity contribution in [2.45, 2.75) is 5.51 Å². The topological polar surface area (TPSA) is 52.6 Å². The van der Waals surface area contributed by atoms with E-state index < -0.39 is 29.0 Å². The summed E-state index contributed by atoms with van der Waals surface area (Å²) in [6.07, 6.45) is 0. The van der Waals surface area contributed by atoms with E-state index in [-0.39, 0.29) is 5.56 Å². The molecule has 1 unspecified atom stereocenters. The minimum Gasteiger partial charge on any atom is -0.497 e. The molecular formula is C10H9F3O4S. The smallest absolute Gasteiger partial charge is 0.497 e. The van der Waals surface area contributed by atoms with Crippen molar-refractivity contribution in [3.05, 3.63) is 29.8 Å². The molecule has 4 nitrogen and oxygen atoms in total. The van der Waals surface area contributed by atoms with E-state index in [2.05, 4.69) is 4.18 Å². The van der Waals surface area contributed by atoms with E-state index in [0.717, 1.165) is 0 Å². The Balaban J connectivity index is 2.63. The predicted octanol–water partition coefficient (Wildman–Crippen LogP) is 2.08. The van der Waals surface area contributed by atoms with Crippen LogP contribution in [-0.4, -0.2) is 29.2 Å². The van der Waals surface area contributed by atoms with Gasteiger partial charge >= 0.3 is 5.51 Å². The number of halogens is 3. The number of carbonyl (C=O) groups excluding carboxylic acids is 1. The number of rotatable bonds is 5. The molecule has 0 aliphatic carbocycles. The molecule has 0 aromatic heterocycles. The first-order valence-corrected chi connectivity index (χ1v) is 5.71. The van der Waals surface area contributed by atoms with Gasteiger partial charge in [-0.15, -0.1) is 0 Å². The molecule has 0 spiro atoms. The maximum absolute atomic E-state index is 11.9. The number of Topliss-reactive ketones (excluding diaryl/α,β-unsaturated/α-hetero) is 1. The maximum atomic E-state index is 11.9. The summed E-state index contributed by atoms with van der Waals surface area (Å²) in [7, 11) is 1.39. The molecule has 0 amide bonds. The SMILES string of the molecule is COc1cccc(C(=O)COS(=O)C(F)(F)F)c1. The van der Waals surface area contributed by atoms with Crippen molar-refractivity contribution in [1.82, 2.24) is 0 Å². The number of benzene rings is 1. The summed E-state index contributed by atoms with van der Waals surface area (Å²) in [5.74, 6) is -0.329. The van der Waals surface area contributed by atoms with Crippen molar-refractivity contribution in [3.8, 4) is 5.75 Å². The lowest BCUT2D eigenvalue weighted by Gasteiger charge is -2.06. The van der Waals surface area contributed by atoms with Crippen LogP contribution in [0.5, 0.6) is 5.75 Å². The monoisotopic (exact) mass is 282 g/mol. The summed E-state index contributed by atoms with van der Waals surface area (Å²) in [6, 6.07) is 5.82. The Morgan fingerprint density at radius 3 is 2.61 bits per heavy atom. The number of ether oxygens (including phenoxy) is 1. The molecule has 1 atom stereocenters. The molecule has 100 valence electrons. The third kappa shape index (κ3) is 4.11. The van der Waals surface area contributed by atoms with Gasteiger partial charge in [-0.3, -0.25) is 8.98 Å². The molecule has 0 N–H and O–H groups in total. The number of hydrogen-bond acceptors (Lipinski definition) is 4. The lowest BCUT2D eigenvalue weighted by molar-refractivity contribution is -0.0467. The van der Waals surface area contributed by atoms with Crippen LogP contribution >= 0.6 is 0 Å². The van der Waals surface area contributed by atoms with Crippen molar-refractivity contribution in [2.75, 3.05) is 13.7 Å². The highest BCUT2D eigenvalue weighted by atomic mass is 32.2. The number of ketones is 1. The Morgan fingerprint density at radius 1 is 1.39 bits per heavy atom. The second-order valence-electron chi connectivity index (χ2n) is 3.10. The van der Waals surface area contributed by atoms with Crippen molar-refractivity contribution >= 4 is 16.9 Å². The summed E-state index contributed by atoms with van der Waals surface area (Å²) in [6.45, 7) is -0.917. The largest absolute Gasteiger partial charge is 0.497 e. The Kier molecular flexibility index (Phi) is 4.85. The van der Waals surface area contributed by atoms with E-state index in [0.29, 0.717) is 5.75 Å². The number of alkyl halides is 3. The zero-order valence-electron chi connectivity index (χ0n) is 9.19. The van der Waals surface area contributed by atoms with Crippen molar-refractivity contribution in [1.29, 1.82) is 0 Å². The van der Waals surface area contributed by atoms with Crippen LogP contribution in [0.4, 0.5) is 13.2 Å². The van der Waals surface area contributed by atoms with Crippen LogP contribution in [0.1, 0.15) is 10.4 Å². The molecule has 0 bridgehead atoms. The van der Waals surface area contributed by atoms with Crippen LogP contribution in [0.15, 0.2) is 24.3 Å². The standard InChI is InChI=1S/C10H9F3O4S/c1-16-8-4-2-3-7(5-8)9(14)6-17-18(15)10(11,12)13/h2-5H,6H2,1H3. The van der Waals surface area contributed by atoms with Crippen LogP contribution in [0.3, 0.4) is 0 Å². The van der Waals surface area contributed by atoms with Crippen LogP contribution in [0.25, 0.3) is 0 Å². The van der Waals surface area contributed by atoms with E-state index in [9.17, 15) is 22.2 Å². The van der Waals surface area contributed by atoms with Gasteiger partial charge in [0.25, 0.3) is 11.1 Å². The quantitative estimate of drug-likeness (QED) is 0.776. The van der Waals surface area contributed by atoms with E-state index in [4.69, 9.17) is 4.74 Å². The zero-order chi connectivity index (χ0) is 13.8. The first kappa shape index (κ1) is 14.7. The highest BCUT2D eigenvalue weighted by Gasteiger charge is 2.39. The van der Waals surface area contributed by atoms with Crippen LogP contribution in [0.2, 0.25) is 0 Å². The highest BCUT2D eigenvalue weighted by molar-refractivity contribution is 7.81. The van der Waals surface area contributed by atoms with E-state index in [1.165, 1.54) is 25.3 Å². The molecule has 0 aliphatic rings. The molecule has 0 radical (unpaired) electrons. The first-order chi connectivity index (χ1) is 8.34. The van der Waals surface area contributed by atoms with Crippen LogP contribution in [0, 0.1) is 0 Å². The molecule has 0 fully saturated rings. The Labute approximate surface area is 103 Å². The van der Waals surface area contributed by atoms with Gasteiger partial charge < -0.3 is 4.74 Å². The summed E-state index contributed by atoms with van der Waals surface area (Å²) < 4.78 is 54.9. The molecule has 1 rings (SSSR count). The molecule has 1 aromatic rings. The second kappa shape index (κ2) is 5.96. The molecule has 8 heteroatoms. The second-order valence-corrected chi connectivity index (χ2v) is 4.27. The van der Waals surface area contributed by atoms with Crippen molar-refractivity contribution in [2.24, 2.45) is 0 Å². The third-order valence-electron chi connectivity index (χ3n) is 1.88. The molecule has 0 saturated heterocycles. The van der Waals surface area contributed by atoms with Gasteiger partial charge in [0, 0.05) is 5.56 Å².